The molecule has 224 valence electrons. The first kappa shape index (κ1) is 30.0. The van der Waals surface area contributed by atoms with Crippen molar-refractivity contribution >= 4 is 30.0 Å². The zero-order chi connectivity index (χ0) is 30.2. The molecule has 3 aliphatic heterocycles. The Morgan fingerprint density at radius 3 is 2.40 bits per heavy atom. The van der Waals surface area contributed by atoms with Gasteiger partial charge in [-0.25, -0.2) is 14.4 Å². The number of amides is 3. The van der Waals surface area contributed by atoms with Gasteiger partial charge in [0.05, 0.1) is 25.6 Å². The van der Waals surface area contributed by atoms with Crippen LogP contribution < -0.4 is 5.32 Å². The van der Waals surface area contributed by atoms with E-state index in [0.29, 0.717) is 0 Å². The second-order valence-electron chi connectivity index (χ2n) is 9.62. The number of nitrogens with zero attached hydrogens (tertiary/aromatic N) is 5. The van der Waals surface area contributed by atoms with Crippen LogP contribution in [0.4, 0.5) is 9.59 Å². The number of rotatable bonds is 8. The molecule has 0 bridgehead atoms. The fourth-order valence-electron chi connectivity index (χ4n) is 4.84. The SMILES string of the molecule is COC(=O)C1=C[C@H](N=[N+]=[N-])[C@@H](NC(C)=O)[C@H]([C@H](OC(=O)N2CCN(C(=O)Cc3ccccc3)CC2)[C@H]2COC(=O)O2)O1. The molecule has 2 fully saturated rings. The van der Waals surface area contributed by atoms with Crippen LogP contribution in [0.25, 0.3) is 10.4 Å². The summed E-state index contributed by atoms with van der Waals surface area (Å²) in [7, 11) is 1.11. The summed E-state index contributed by atoms with van der Waals surface area (Å²) in [5, 5.41) is 6.25. The molecule has 5 atom stereocenters. The van der Waals surface area contributed by atoms with Crippen molar-refractivity contribution in [2.45, 2.75) is 43.7 Å². The average Bonchev–Trinajstić information content (AvgIpc) is 3.42. The van der Waals surface area contributed by atoms with Crippen molar-refractivity contribution in [3.8, 4) is 0 Å². The first-order valence-electron chi connectivity index (χ1n) is 13.1. The number of azide groups is 1. The highest BCUT2D eigenvalue weighted by atomic mass is 16.8. The van der Waals surface area contributed by atoms with E-state index >= 15 is 0 Å². The van der Waals surface area contributed by atoms with Crippen LogP contribution in [0.15, 0.2) is 47.3 Å². The summed E-state index contributed by atoms with van der Waals surface area (Å²) in [6.45, 7) is 1.71. The number of esters is 1. The third-order valence-electron chi connectivity index (χ3n) is 6.88. The topological polar surface area (TPSA) is 199 Å². The van der Waals surface area contributed by atoms with E-state index in [1.165, 1.54) is 17.9 Å². The molecule has 4 rings (SSSR count). The lowest BCUT2D eigenvalue weighted by Gasteiger charge is -2.41. The fourth-order valence-corrected chi connectivity index (χ4v) is 4.84. The van der Waals surface area contributed by atoms with E-state index in [0.717, 1.165) is 12.7 Å². The summed E-state index contributed by atoms with van der Waals surface area (Å²) < 4.78 is 26.4. The summed E-state index contributed by atoms with van der Waals surface area (Å²) in [4.78, 5) is 68.2. The van der Waals surface area contributed by atoms with Gasteiger partial charge < -0.3 is 38.8 Å². The van der Waals surface area contributed by atoms with Gasteiger partial charge in [0.25, 0.3) is 0 Å². The van der Waals surface area contributed by atoms with Gasteiger partial charge in [-0.15, -0.1) is 0 Å². The van der Waals surface area contributed by atoms with Crippen LogP contribution >= 0.6 is 0 Å². The number of nitrogens with one attached hydrogen (secondary N) is 1. The standard InChI is InChI=1S/C26H30N6O10/c1-15(33)28-21-17(29-30-27)13-18(24(35)38-2)40-23(21)22(19-14-39-26(37)41-19)42-25(36)32-10-8-31(9-11-32)20(34)12-16-6-4-3-5-7-16/h3-7,13,17,19,21-23H,8-12,14H2,1-2H3,(H,28,33)/t17-,19+,21+,22+,23+/m0/s1. The van der Waals surface area contributed by atoms with Crippen LogP contribution in [-0.2, 0) is 44.5 Å². The molecule has 2 saturated heterocycles. The van der Waals surface area contributed by atoms with Gasteiger partial charge in [-0.1, -0.05) is 35.4 Å². The molecule has 0 saturated carbocycles. The van der Waals surface area contributed by atoms with E-state index < -0.39 is 54.5 Å². The number of piperazine rings is 1. The maximum atomic E-state index is 13.4. The van der Waals surface area contributed by atoms with E-state index in [1.807, 2.05) is 30.3 Å². The highest BCUT2D eigenvalue weighted by Crippen LogP contribution is 2.30. The monoisotopic (exact) mass is 586 g/mol. The normalized spacial score (nSPS) is 24.0. The quantitative estimate of drug-likeness (QED) is 0.151. The minimum absolute atomic E-state index is 0.0814. The van der Waals surface area contributed by atoms with Crippen LogP contribution in [0.5, 0.6) is 0 Å². The number of ether oxygens (including phenoxy) is 5. The molecule has 0 unspecified atom stereocenters. The molecule has 3 aliphatic rings. The maximum absolute atomic E-state index is 13.4. The Hall–Kier alpha value is -4.98. The van der Waals surface area contributed by atoms with Crippen molar-refractivity contribution in [1.82, 2.24) is 15.1 Å². The highest BCUT2D eigenvalue weighted by molar-refractivity contribution is 5.86. The molecular formula is C26H30N6O10. The third-order valence-corrected chi connectivity index (χ3v) is 6.88. The number of hydrogen-bond donors (Lipinski definition) is 1. The Balaban J connectivity index is 1.52. The zero-order valence-corrected chi connectivity index (χ0v) is 22.9. The Morgan fingerprint density at radius 2 is 1.81 bits per heavy atom. The van der Waals surface area contributed by atoms with Gasteiger partial charge in [-0.3, -0.25) is 9.59 Å². The third kappa shape index (κ3) is 7.20. The number of benzene rings is 1. The van der Waals surface area contributed by atoms with Crippen LogP contribution in [0, 0.1) is 0 Å². The number of methoxy groups -OCH3 is 1. The average molecular weight is 587 g/mol. The summed E-state index contributed by atoms with van der Waals surface area (Å²) in [5.41, 5.74) is 10.0. The lowest BCUT2D eigenvalue weighted by molar-refractivity contribution is -0.148. The van der Waals surface area contributed by atoms with Gasteiger partial charge in [-0.05, 0) is 17.2 Å². The molecule has 0 spiro atoms. The summed E-state index contributed by atoms with van der Waals surface area (Å²) in [6, 6.07) is 6.99. The largest absolute Gasteiger partial charge is 0.508 e. The van der Waals surface area contributed by atoms with Crippen molar-refractivity contribution in [3.05, 3.63) is 58.2 Å². The molecule has 42 heavy (non-hydrogen) atoms. The van der Waals surface area contributed by atoms with E-state index in [1.54, 1.807) is 4.90 Å². The Morgan fingerprint density at radius 1 is 1.12 bits per heavy atom. The van der Waals surface area contributed by atoms with Gasteiger partial charge in [0.1, 0.15) is 6.61 Å². The Labute approximate surface area is 240 Å². The first-order chi connectivity index (χ1) is 20.2. The Bertz CT molecular complexity index is 1280. The molecule has 16 nitrogen and oxygen atoms in total. The lowest BCUT2D eigenvalue weighted by Crippen LogP contribution is -2.61. The molecule has 0 aromatic heterocycles. The van der Waals surface area contributed by atoms with Crippen molar-refractivity contribution in [3.63, 3.8) is 0 Å². The number of cyclic esters (lactones) is 2. The van der Waals surface area contributed by atoms with Gasteiger partial charge >= 0.3 is 18.2 Å². The highest BCUT2D eigenvalue weighted by Gasteiger charge is 2.50. The first-order valence-corrected chi connectivity index (χ1v) is 13.1. The molecular weight excluding hydrogens is 556 g/mol. The van der Waals surface area contributed by atoms with Crippen LogP contribution in [0.3, 0.4) is 0 Å². The van der Waals surface area contributed by atoms with Crippen molar-refractivity contribution in [1.29, 1.82) is 0 Å². The predicted octanol–water partition coefficient (Wildman–Crippen LogP) is 1.05. The van der Waals surface area contributed by atoms with E-state index in [-0.39, 0.29) is 50.9 Å². The van der Waals surface area contributed by atoms with Crippen LogP contribution in [0.2, 0.25) is 0 Å². The molecule has 3 amide bonds. The van der Waals surface area contributed by atoms with E-state index in [9.17, 15) is 24.0 Å². The van der Waals surface area contributed by atoms with E-state index in [2.05, 4.69) is 15.3 Å². The number of carbonyl (C=O) groups excluding carboxylic acids is 5. The fraction of sp³-hybridized carbons (Fsp3) is 0.500. The van der Waals surface area contributed by atoms with Gasteiger partial charge in [0.2, 0.25) is 17.6 Å². The molecule has 0 radical (unpaired) electrons. The summed E-state index contributed by atoms with van der Waals surface area (Å²) in [5.74, 6) is -1.90. The summed E-state index contributed by atoms with van der Waals surface area (Å²) in [6.07, 6.45) is -4.44. The predicted molar refractivity (Wildman–Crippen MR) is 140 cm³/mol. The number of carbonyl (C=O) groups is 5. The van der Waals surface area contributed by atoms with Crippen LogP contribution in [0.1, 0.15) is 12.5 Å². The minimum Gasteiger partial charge on any atom is -0.477 e. The smallest absolute Gasteiger partial charge is 0.477 e. The second-order valence-corrected chi connectivity index (χ2v) is 9.62. The second kappa shape index (κ2) is 13.6. The summed E-state index contributed by atoms with van der Waals surface area (Å²) >= 11 is 0. The van der Waals surface area contributed by atoms with Crippen LogP contribution in [-0.4, -0.2) is 110 Å². The minimum atomic E-state index is -1.43. The maximum Gasteiger partial charge on any atom is 0.508 e. The molecule has 16 heteroatoms. The molecule has 0 aliphatic carbocycles. The zero-order valence-electron chi connectivity index (χ0n) is 22.9. The lowest BCUT2D eigenvalue weighted by atomic mass is 9.92. The van der Waals surface area contributed by atoms with E-state index in [4.69, 9.17) is 29.2 Å². The van der Waals surface area contributed by atoms with Crippen molar-refractivity contribution in [2.24, 2.45) is 5.11 Å². The molecule has 3 heterocycles. The number of hydrogen-bond acceptors (Lipinski definition) is 11. The molecule has 1 aromatic rings. The Kier molecular flexibility index (Phi) is 9.70. The van der Waals surface area contributed by atoms with Gasteiger partial charge in [0, 0.05) is 38.0 Å². The molecule has 1 N–H and O–H groups in total. The van der Waals surface area contributed by atoms with Gasteiger partial charge in [0.15, 0.2) is 18.3 Å². The van der Waals surface area contributed by atoms with Gasteiger partial charge in [-0.2, -0.15) is 0 Å². The van der Waals surface area contributed by atoms with Crippen molar-refractivity contribution < 1.29 is 47.7 Å². The molecule has 1 aromatic carbocycles. The van der Waals surface area contributed by atoms with Crippen molar-refractivity contribution in [2.75, 3.05) is 39.9 Å².